The maximum absolute atomic E-state index is 12.4. The largest absolute Gasteiger partial charge is 0.481 e. The Morgan fingerprint density at radius 3 is 2.60 bits per heavy atom. The Kier molecular flexibility index (Phi) is 3.52. The molecule has 1 aromatic rings. The lowest BCUT2D eigenvalue weighted by molar-refractivity contribution is -0.147. The van der Waals surface area contributed by atoms with E-state index >= 15 is 0 Å². The molecule has 2 heterocycles. The monoisotopic (exact) mass is 339 g/mol. The van der Waals surface area contributed by atoms with Crippen LogP contribution in [0.15, 0.2) is 28.7 Å². The summed E-state index contributed by atoms with van der Waals surface area (Å²) >= 11 is 3.33. The number of carbonyl (C=O) groups is 2. The van der Waals surface area contributed by atoms with Crippen molar-refractivity contribution in [2.24, 2.45) is 11.8 Å². The van der Waals surface area contributed by atoms with Crippen LogP contribution in [0.5, 0.6) is 0 Å². The van der Waals surface area contributed by atoms with Crippen molar-refractivity contribution >= 4 is 33.5 Å². The molecule has 106 valence electrons. The Bertz CT molecular complexity index is 562. The maximum Gasteiger partial charge on any atom is 0.310 e. The zero-order valence-corrected chi connectivity index (χ0v) is 12.2. The molecule has 1 aromatic carbocycles. The quantitative estimate of drug-likeness (QED) is 0.885. The van der Waals surface area contributed by atoms with E-state index in [0.717, 1.165) is 17.3 Å². The predicted octanol–water partition coefficient (Wildman–Crippen LogP) is 2.27. The fourth-order valence-electron chi connectivity index (χ4n) is 3.12. The van der Waals surface area contributed by atoms with E-state index in [0.29, 0.717) is 5.69 Å². The van der Waals surface area contributed by atoms with Gasteiger partial charge in [0.25, 0.3) is 0 Å². The Balaban J connectivity index is 1.78. The molecule has 2 bridgehead atoms. The minimum atomic E-state index is -0.952. The number of rotatable bonds is 3. The predicted molar refractivity (Wildman–Crippen MR) is 75.3 cm³/mol. The average molecular weight is 340 g/mol. The summed E-state index contributed by atoms with van der Waals surface area (Å²) in [5, 5.41) is 12.1. The molecule has 2 N–H and O–H groups in total. The van der Waals surface area contributed by atoms with E-state index in [9.17, 15) is 14.7 Å². The minimum absolute atomic E-state index is 0.270. The molecule has 2 aliphatic rings. The summed E-state index contributed by atoms with van der Waals surface area (Å²) in [5.41, 5.74) is 0.649. The fraction of sp³-hybridized carbons (Fsp3) is 0.429. The number of nitrogens with one attached hydrogen (secondary N) is 1. The van der Waals surface area contributed by atoms with E-state index in [-0.39, 0.29) is 18.1 Å². The van der Waals surface area contributed by atoms with Gasteiger partial charge < -0.3 is 15.2 Å². The zero-order chi connectivity index (χ0) is 14.3. The van der Waals surface area contributed by atoms with Crippen LogP contribution in [0.1, 0.15) is 12.8 Å². The molecule has 4 atom stereocenters. The van der Waals surface area contributed by atoms with Crippen molar-refractivity contribution in [2.45, 2.75) is 25.0 Å². The summed E-state index contributed by atoms with van der Waals surface area (Å²) < 4.78 is 6.45. The average Bonchev–Trinajstić information content (AvgIpc) is 2.98. The second kappa shape index (κ2) is 5.18. The van der Waals surface area contributed by atoms with Crippen LogP contribution in [0.25, 0.3) is 0 Å². The van der Waals surface area contributed by atoms with Crippen molar-refractivity contribution in [3.63, 3.8) is 0 Å². The molecule has 2 fully saturated rings. The van der Waals surface area contributed by atoms with Gasteiger partial charge in [-0.3, -0.25) is 9.59 Å². The van der Waals surface area contributed by atoms with Crippen LogP contribution in [-0.4, -0.2) is 29.2 Å². The van der Waals surface area contributed by atoms with Gasteiger partial charge in [0, 0.05) is 10.2 Å². The number of carboxylic acids is 1. The highest BCUT2D eigenvalue weighted by Gasteiger charge is 2.55. The molecule has 20 heavy (non-hydrogen) atoms. The van der Waals surface area contributed by atoms with E-state index in [4.69, 9.17) is 4.74 Å². The van der Waals surface area contributed by atoms with E-state index in [1.165, 1.54) is 0 Å². The standard InChI is InChI=1S/C14H14BrNO4/c15-7-2-1-3-8(6-7)16-13(17)11-9-4-5-10(20-9)12(11)14(18)19/h1-3,6,9-12H,4-5H2,(H,16,17)(H,18,19)/t9-,10+,11+,12-/m0/s1. The number of ether oxygens (including phenoxy) is 1. The molecule has 0 unspecified atom stereocenters. The van der Waals surface area contributed by atoms with Crippen LogP contribution in [0, 0.1) is 11.8 Å². The van der Waals surface area contributed by atoms with Crippen LogP contribution in [0.2, 0.25) is 0 Å². The molecule has 0 spiro atoms. The van der Waals surface area contributed by atoms with Gasteiger partial charge >= 0.3 is 5.97 Å². The van der Waals surface area contributed by atoms with Crippen molar-refractivity contribution in [1.29, 1.82) is 0 Å². The van der Waals surface area contributed by atoms with Gasteiger partial charge in [0.1, 0.15) is 0 Å². The van der Waals surface area contributed by atoms with Crippen molar-refractivity contribution in [3.8, 4) is 0 Å². The van der Waals surface area contributed by atoms with Gasteiger partial charge in [-0.25, -0.2) is 0 Å². The van der Waals surface area contributed by atoms with Crippen molar-refractivity contribution in [2.75, 3.05) is 5.32 Å². The summed E-state index contributed by atoms with van der Waals surface area (Å²) in [7, 11) is 0. The van der Waals surface area contributed by atoms with Crippen LogP contribution < -0.4 is 5.32 Å². The highest BCUT2D eigenvalue weighted by Crippen LogP contribution is 2.44. The first-order chi connectivity index (χ1) is 9.56. The first kappa shape index (κ1) is 13.6. The van der Waals surface area contributed by atoms with E-state index in [1.807, 2.05) is 12.1 Å². The topological polar surface area (TPSA) is 75.6 Å². The van der Waals surface area contributed by atoms with Crippen LogP contribution in [-0.2, 0) is 14.3 Å². The van der Waals surface area contributed by atoms with Gasteiger partial charge in [-0.15, -0.1) is 0 Å². The summed E-state index contributed by atoms with van der Waals surface area (Å²) in [6.45, 7) is 0. The molecule has 0 aromatic heterocycles. The summed E-state index contributed by atoms with van der Waals surface area (Å²) in [6.07, 6.45) is 0.886. The number of anilines is 1. The Morgan fingerprint density at radius 2 is 1.95 bits per heavy atom. The molecule has 1 amide bonds. The molecule has 5 nitrogen and oxygen atoms in total. The van der Waals surface area contributed by atoms with Gasteiger partial charge in [-0.05, 0) is 31.0 Å². The van der Waals surface area contributed by atoms with Crippen molar-refractivity contribution in [1.82, 2.24) is 0 Å². The number of amides is 1. The first-order valence-electron chi connectivity index (χ1n) is 6.51. The molecule has 6 heteroatoms. The third-order valence-electron chi connectivity index (χ3n) is 3.95. The minimum Gasteiger partial charge on any atom is -0.481 e. The van der Waals surface area contributed by atoms with E-state index in [2.05, 4.69) is 21.2 Å². The SMILES string of the molecule is O=C(O)[C@@H]1[C@H](C(=O)Nc2cccc(Br)c2)[C@@H]2CC[C@H]1O2. The lowest BCUT2D eigenvalue weighted by atomic mass is 9.78. The van der Waals surface area contributed by atoms with Gasteiger partial charge in [0.2, 0.25) is 5.91 Å². The normalized spacial score (nSPS) is 31.2. The Morgan fingerprint density at radius 1 is 1.25 bits per heavy atom. The Hall–Kier alpha value is -1.40. The smallest absolute Gasteiger partial charge is 0.310 e. The van der Waals surface area contributed by atoms with Crippen LogP contribution in [0.4, 0.5) is 5.69 Å². The number of halogens is 1. The molecule has 0 aliphatic carbocycles. The van der Waals surface area contributed by atoms with E-state index < -0.39 is 17.8 Å². The molecular weight excluding hydrogens is 326 g/mol. The summed E-state index contributed by atoms with van der Waals surface area (Å²) in [5.74, 6) is -2.57. The molecule has 2 saturated heterocycles. The number of fused-ring (bicyclic) bond motifs is 2. The number of hydrogen-bond donors (Lipinski definition) is 2. The first-order valence-corrected chi connectivity index (χ1v) is 7.30. The second-order valence-electron chi connectivity index (χ2n) is 5.18. The number of aliphatic carboxylic acids is 1. The molecule has 0 saturated carbocycles. The van der Waals surface area contributed by atoms with Crippen molar-refractivity contribution < 1.29 is 19.4 Å². The lowest BCUT2D eigenvalue weighted by Gasteiger charge is -2.23. The van der Waals surface area contributed by atoms with Crippen LogP contribution >= 0.6 is 15.9 Å². The lowest BCUT2D eigenvalue weighted by Crippen LogP contribution is -2.40. The third kappa shape index (κ3) is 2.33. The summed E-state index contributed by atoms with van der Waals surface area (Å²) in [6, 6.07) is 7.22. The highest BCUT2D eigenvalue weighted by molar-refractivity contribution is 9.10. The zero-order valence-electron chi connectivity index (χ0n) is 10.6. The number of carbonyl (C=O) groups excluding carboxylic acids is 1. The van der Waals surface area contributed by atoms with Gasteiger partial charge in [0.15, 0.2) is 0 Å². The summed E-state index contributed by atoms with van der Waals surface area (Å²) in [4.78, 5) is 23.7. The van der Waals surface area contributed by atoms with Crippen LogP contribution in [0.3, 0.4) is 0 Å². The molecule has 0 radical (unpaired) electrons. The highest BCUT2D eigenvalue weighted by atomic mass is 79.9. The van der Waals surface area contributed by atoms with E-state index in [1.54, 1.807) is 12.1 Å². The maximum atomic E-state index is 12.4. The van der Waals surface area contributed by atoms with Gasteiger partial charge in [-0.1, -0.05) is 22.0 Å². The Labute approximate surface area is 124 Å². The molecular formula is C14H14BrNO4. The third-order valence-corrected chi connectivity index (χ3v) is 4.45. The van der Waals surface area contributed by atoms with Crippen molar-refractivity contribution in [3.05, 3.63) is 28.7 Å². The number of hydrogen-bond acceptors (Lipinski definition) is 3. The second-order valence-corrected chi connectivity index (χ2v) is 6.10. The number of carboxylic acid groups (broad SMARTS) is 1. The molecule has 3 rings (SSSR count). The van der Waals surface area contributed by atoms with Gasteiger partial charge in [-0.2, -0.15) is 0 Å². The van der Waals surface area contributed by atoms with Gasteiger partial charge in [0.05, 0.1) is 24.0 Å². The number of benzene rings is 1. The molecule has 2 aliphatic heterocycles. The fourth-order valence-corrected chi connectivity index (χ4v) is 3.52.